The van der Waals surface area contributed by atoms with Gasteiger partial charge in [-0.1, -0.05) is 41.4 Å². The third-order valence-electron chi connectivity index (χ3n) is 3.28. The maximum atomic E-state index is 6.29. The number of aryl methyl sites for hydroxylation is 1. The van der Waals surface area contributed by atoms with Gasteiger partial charge >= 0.3 is 0 Å². The second kappa shape index (κ2) is 7.23. The molecule has 0 spiro atoms. The van der Waals surface area contributed by atoms with Crippen molar-refractivity contribution in [1.82, 2.24) is 9.97 Å². The number of rotatable bonds is 5. The van der Waals surface area contributed by atoms with E-state index in [9.17, 15) is 0 Å². The fourth-order valence-electron chi connectivity index (χ4n) is 2.20. The van der Waals surface area contributed by atoms with E-state index in [1.54, 1.807) is 0 Å². The third-order valence-corrected chi connectivity index (χ3v) is 4.10. The zero-order chi connectivity index (χ0) is 15.4. The van der Waals surface area contributed by atoms with Gasteiger partial charge in [0.05, 0.1) is 5.02 Å². The molecule has 112 valence electrons. The molecule has 2 rings (SSSR count). The lowest BCUT2D eigenvalue weighted by atomic mass is 10.1. The summed E-state index contributed by atoms with van der Waals surface area (Å²) >= 11 is 9.76. The van der Waals surface area contributed by atoms with Crippen molar-refractivity contribution in [3.63, 3.8) is 0 Å². The molecule has 0 atom stereocenters. The van der Waals surface area contributed by atoms with Crippen molar-refractivity contribution in [2.45, 2.75) is 33.6 Å². The number of hydrogen-bond donors (Lipinski definition) is 1. The first-order valence-corrected chi connectivity index (χ1v) is 8.30. The van der Waals surface area contributed by atoms with Crippen LogP contribution < -0.4 is 5.32 Å². The molecule has 0 bridgehead atoms. The van der Waals surface area contributed by atoms with Crippen molar-refractivity contribution in [3.8, 4) is 11.4 Å². The summed E-state index contributed by atoms with van der Waals surface area (Å²) in [5.74, 6) is 1.58. The highest BCUT2D eigenvalue weighted by Crippen LogP contribution is 2.30. The molecule has 21 heavy (non-hydrogen) atoms. The molecule has 2 aromatic rings. The molecule has 1 aromatic heterocycles. The van der Waals surface area contributed by atoms with Gasteiger partial charge < -0.3 is 5.32 Å². The number of hydrogen-bond acceptors (Lipinski definition) is 3. The highest BCUT2D eigenvalue weighted by molar-refractivity contribution is 9.10. The van der Waals surface area contributed by atoms with Gasteiger partial charge in [-0.05, 0) is 38.0 Å². The van der Waals surface area contributed by atoms with E-state index >= 15 is 0 Å². The topological polar surface area (TPSA) is 37.8 Å². The molecular formula is C16H19BrClN3. The van der Waals surface area contributed by atoms with Crippen LogP contribution in [0.5, 0.6) is 0 Å². The van der Waals surface area contributed by atoms with Gasteiger partial charge in [0.25, 0.3) is 0 Å². The van der Waals surface area contributed by atoms with Gasteiger partial charge in [0.2, 0.25) is 0 Å². The van der Waals surface area contributed by atoms with Crippen LogP contribution in [0.4, 0.5) is 5.82 Å². The predicted molar refractivity (Wildman–Crippen MR) is 93.1 cm³/mol. The van der Waals surface area contributed by atoms with Crippen molar-refractivity contribution >= 4 is 33.3 Å². The molecule has 0 saturated carbocycles. The van der Waals surface area contributed by atoms with Crippen LogP contribution in [-0.2, 0) is 6.42 Å². The van der Waals surface area contributed by atoms with Crippen LogP contribution in [-0.4, -0.2) is 16.5 Å². The molecule has 0 unspecified atom stereocenters. The zero-order valence-electron chi connectivity index (χ0n) is 12.5. The van der Waals surface area contributed by atoms with E-state index in [1.807, 2.05) is 25.1 Å². The fourth-order valence-corrected chi connectivity index (χ4v) is 2.76. The Kier molecular flexibility index (Phi) is 5.59. The van der Waals surface area contributed by atoms with Crippen LogP contribution in [0.2, 0.25) is 5.02 Å². The number of halogens is 2. The molecule has 0 radical (unpaired) electrons. The monoisotopic (exact) mass is 367 g/mol. The summed E-state index contributed by atoms with van der Waals surface area (Å²) in [4.78, 5) is 9.32. The van der Waals surface area contributed by atoms with Gasteiger partial charge in [-0.2, -0.15) is 0 Å². The van der Waals surface area contributed by atoms with Gasteiger partial charge in [0, 0.05) is 27.8 Å². The van der Waals surface area contributed by atoms with Gasteiger partial charge in [-0.3, -0.25) is 0 Å². The SMILES string of the molecule is CCCNc1nc(-c2cc(Br)ccc2Cl)nc(C)c1CC. The van der Waals surface area contributed by atoms with Gasteiger partial charge in [-0.25, -0.2) is 9.97 Å². The maximum Gasteiger partial charge on any atom is 0.163 e. The zero-order valence-corrected chi connectivity index (χ0v) is 14.8. The molecular weight excluding hydrogens is 350 g/mol. The summed E-state index contributed by atoms with van der Waals surface area (Å²) in [5.41, 5.74) is 3.01. The lowest BCUT2D eigenvalue weighted by Crippen LogP contribution is -2.09. The van der Waals surface area contributed by atoms with Crippen LogP contribution >= 0.6 is 27.5 Å². The Labute approximate surface area is 139 Å². The Morgan fingerprint density at radius 2 is 2.00 bits per heavy atom. The van der Waals surface area contributed by atoms with Crippen LogP contribution in [0.3, 0.4) is 0 Å². The van der Waals surface area contributed by atoms with E-state index in [4.69, 9.17) is 11.6 Å². The minimum Gasteiger partial charge on any atom is -0.370 e. The number of nitrogens with one attached hydrogen (secondary N) is 1. The summed E-state index contributed by atoms with van der Waals surface area (Å²) in [6.45, 7) is 7.18. The Bertz CT molecular complexity index is 644. The average Bonchev–Trinajstić information content (AvgIpc) is 2.47. The standard InChI is InChI=1S/C16H19BrClN3/c1-4-8-19-15-12(5-2)10(3)20-16(21-15)13-9-11(17)6-7-14(13)18/h6-7,9H,4-5,8H2,1-3H3,(H,19,20,21). The summed E-state index contributed by atoms with van der Waals surface area (Å²) in [6.07, 6.45) is 1.96. The number of aromatic nitrogens is 2. The Morgan fingerprint density at radius 3 is 2.67 bits per heavy atom. The average molecular weight is 369 g/mol. The first-order valence-electron chi connectivity index (χ1n) is 7.13. The van der Waals surface area contributed by atoms with Crippen LogP contribution in [0, 0.1) is 6.92 Å². The predicted octanol–water partition coefficient (Wildman–Crippen LogP) is 5.25. The van der Waals surface area contributed by atoms with E-state index in [2.05, 4.69) is 45.1 Å². The van der Waals surface area contributed by atoms with Crippen molar-refractivity contribution in [3.05, 3.63) is 39.0 Å². The van der Waals surface area contributed by atoms with Crippen molar-refractivity contribution in [1.29, 1.82) is 0 Å². The molecule has 3 nitrogen and oxygen atoms in total. The van der Waals surface area contributed by atoms with Crippen LogP contribution in [0.1, 0.15) is 31.5 Å². The molecule has 5 heteroatoms. The lowest BCUT2D eigenvalue weighted by Gasteiger charge is -2.14. The number of benzene rings is 1. The molecule has 0 aliphatic carbocycles. The van der Waals surface area contributed by atoms with E-state index < -0.39 is 0 Å². The first-order chi connectivity index (χ1) is 10.1. The Hall–Kier alpha value is -1.13. The second-order valence-electron chi connectivity index (χ2n) is 4.86. The van der Waals surface area contributed by atoms with E-state index in [1.165, 1.54) is 5.56 Å². The first kappa shape index (κ1) is 16.2. The summed E-state index contributed by atoms with van der Waals surface area (Å²) in [6, 6.07) is 5.72. The second-order valence-corrected chi connectivity index (χ2v) is 6.19. The lowest BCUT2D eigenvalue weighted by molar-refractivity contribution is 0.938. The maximum absolute atomic E-state index is 6.29. The Balaban J connectivity index is 2.54. The Morgan fingerprint density at radius 1 is 1.24 bits per heavy atom. The largest absolute Gasteiger partial charge is 0.370 e. The van der Waals surface area contributed by atoms with E-state index in [0.717, 1.165) is 40.9 Å². The summed E-state index contributed by atoms with van der Waals surface area (Å²) in [5, 5.41) is 4.05. The number of anilines is 1. The minimum absolute atomic E-state index is 0.656. The molecule has 1 heterocycles. The highest BCUT2D eigenvalue weighted by atomic mass is 79.9. The van der Waals surface area contributed by atoms with Gasteiger partial charge in [-0.15, -0.1) is 0 Å². The molecule has 0 saturated heterocycles. The molecule has 0 aliphatic heterocycles. The fraction of sp³-hybridized carbons (Fsp3) is 0.375. The quantitative estimate of drug-likeness (QED) is 0.783. The van der Waals surface area contributed by atoms with Crippen molar-refractivity contribution < 1.29 is 0 Å². The number of nitrogens with zero attached hydrogens (tertiary/aromatic N) is 2. The van der Waals surface area contributed by atoms with Crippen LogP contribution in [0.15, 0.2) is 22.7 Å². The molecule has 0 amide bonds. The molecule has 1 N–H and O–H groups in total. The van der Waals surface area contributed by atoms with Crippen molar-refractivity contribution in [2.75, 3.05) is 11.9 Å². The third kappa shape index (κ3) is 3.74. The summed E-state index contributed by atoms with van der Waals surface area (Å²) in [7, 11) is 0. The highest BCUT2D eigenvalue weighted by Gasteiger charge is 2.13. The smallest absolute Gasteiger partial charge is 0.163 e. The summed E-state index contributed by atoms with van der Waals surface area (Å²) < 4.78 is 0.964. The molecule has 0 aliphatic rings. The molecule has 1 aromatic carbocycles. The van der Waals surface area contributed by atoms with E-state index in [-0.39, 0.29) is 0 Å². The van der Waals surface area contributed by atoms with E-state index in [0.29, 0.717) is 10.8 Å². The van der Waals surface area contributed by atoms with Crippen molar-refractivity contribution in [2.24, 2.45) is 0 Å². The normalized spacial score (nSPS) is 10.7. The van der Waals surface area contributed by atoms with Crippen LogP contribution in [0.25, 0.3) is 11.4 Å². The minimum atomic E-state index is 0.656. The van der Waals surface area contributed by atoms with Gasteiger partial charge in [0.15, 0.2) is 5.82 Å². The van der Waals surface area contributed by atoms with Gasteiger partial charge in [0.1, 0.15) is 5.82 Å². The molecule has 0 fully saturated rings.